The normalized spacial score (nSPS) is 30.3. The third-order valence-electron chi connectivity index (χ3n) is 1.83. The van der Waals surface area contributed by atoms with E-state index >= 15 is 0 Å². The number of carbonyl (C=O) groups is 1. The van der Waals surface area contributed by atoms with Crippen LogP contribution in [0.1, 0.15) is 19.3 Å². The molecule has 1 aliphatic rings. The zero-order chi connectivity index (χ0) is 8.27. The molecule has 3 nitrogen and oxygen atoms in total. The number of carboxylic acids is 1. The highest BCUT2D eigenvalue weighted by atomic mass is 16.4. The molecule has 0 aromatic heterocycles. The van der Waals surface area contributed by atoms with Crippen molar-refractivity contribution in [1.82, 2.24) is 0 Å². The lowest BCUT2D eigenvalue weighted by molar-refractivity contribution is -0.137. The molecule has 0 aromatic rings. The third-order valence-corrected chi connectivity index (χ3v) is 1.83. The van der Waals surface area contributed by atoms with E-state index in [0.29, 0.717) is 12.8 Å². The molecule has 0 aromatic carbocycles. The van der Waals surface area contributed by atoms with E-state index < -0.39 is 5.97 Å². The van der Waals surface area contributed by atoms with Gasteiger partial charge in [-0.1, -0.05) is 12.2 Å². The number of aliphatic hydroxyl groups is 1. The fraction of sp³-hybridized carbons (Fsp3) is 0.625. The van der Waals surface area contributed by atoms with E-state index in [1.54, 1.807) is 0 Å². The molecule has 2 N–H and O–H groups in total. The Morgan fingerprint density at radius 3 is 2.91 bits per heavy atom. The van der Waals surface area contributed by atoms with Crippen molar-refractivity contribution >= 4 is 5.97 Å². The maximum absolute atomic E-state index is 10.3. The zero-order valence-electron chi connectivity index (χ0n) is 6.23. The number of hydrogen-bond acceptors (Lipinski definition) is 2. The maximum Gasteiger partial charge on any atom is 0.303 e. The quantitative estimate of drug-likeness (QED) is 0.581. The van der Waals surface area contributed by atoms with Gasteiger partial charge in [-0.2, -0.15) is 0 Å². The van der Waals surface area contributed by atoms with Crippen molar-refractivity contribution in [2.24, 2.45) is 5.92 Å². The van der Waals surface area contributed by atoms with Crippen LogP contribution in [0.4, 0.5) is 0 Å². The molecule has 1 aliphatic carbocycles. The molecule has 62 valence electrons. The summed E-state index contributed by atoms with van der Waals surface area (Å²) in [5, 5.41) is 17.6. The van der Waals surface area contributed by atoms with E-state index in [2.05, 4.69) is 0 Å². The molecular formula is C8H12O3. The Bertz CT molecular complexity index is 174. The number of carboxylic acid groups (broad SMARTS) is 1. The second-order valence-electron chi connectivity index (χ2n) is 2.91. The van der Waals surface area contributed by atoms with Crippen LogP contribution in [0, 0.1) is 5.92 Å². The van der Waals surface area contributed by atoms with Crippen molar-refractivity contribution in [3.63, 3.8) is 0 Å². The molecule has 2 unspecified atom stereocenters. The summed E-state index contributed by atoms with van der Waals surface area (Å²) in [6.07, 6.45) is 4.76. The van der Waals surface area contributed by atoms with Crippen LogP contribution < -0.4 is 0 Å². The van der Waals surface area contributed by atoms with Crippen LogP contribution in [-0.4, -0.2) is 22.3 Å². The summed E-state index contributed by atoms with van der Waals surface area (Å²) < 4.78 is 0. The summed E-state index contributed by atoms with van der Waals surface area (Å²) in [6, 6.07) is 0. The highest BCUT2D eigenvalue weighted by molar-refractivity contribution is 5.67. The van der Waals surface area contributed by atoms with Gasteiger partial charge in [-0.05, 0) is 18.8 Å². The van der Waals surface area contributed by atoms with Gasteiger partial charge in [-0.15, -0.1) is 0 Å². The van der Waals surface area contributed by atoms with E-state index in [-0.39, 0.29) is 18.4 Å². The van der Waals surface area contributed by atoms with E-state index in [0.717, 1.165) is 0 Å². The number of aliphatic carboxylic acids is 1. The Morgan fingerprint density at radius 2 is 2.36 bits per heavy atom. The van der Waals surface area contributed by atoms with Crippen LogP contribution in [0.15, 0.2) is 12.2 Å². The molecule has 0 heterocycles. The summed E-state index contributed by atoms with van der Waals surface area (Å²) >= 11 is 0. The van der Waals surface area contributed by atoms with E-state index in [1.807, 2.05) is 12.2 Å². The molecule has 3 heteroatoms. The van der Waals surface area contributed by atoms with Crippen molar-refractivity contribution in [3.05, 3.63) is 12.2 Å². The highest BCUT2D eigenvalue weighted by Gasteiger charge is 2.17. The number of allylic oxidation sites excluding steroid dienone is 1. The lowest BCUT2D eigenvalue weighted by atomic mass is 9.91. The Labute approximate surface area is 65.3 Å². The number of hydrogen-bond donors (Lipinski definition) is 2. The highest BCUT2D eigenvalue weighted by Crippen LogP contribution is 2.20. The summed E-state index contributed by atoms with van der Waals surface area (Å²) in [5.74, 6) is -0.773. The SMILES string of the molecule is O=C(O)CC1C=CCC(O)C1. The van der Waals surface area contributed by atoms with Gasteiger partial charge in [0.15, 0.2) is 0 Å². The molecule has 0 aliphatic heterocycles. The average Bonchev–Trinajstić information content (AvgIpc) is 1.85. The van der Waals surface area contributed by atoms with E-state index in [9.17, 15) is 4.79 Å². The Kier molecular flexibility index (Phi) is 2.65. The largest absolute Gasteiger partial charge is 0.481 e. The van der Waals surface area contributed by atoms with E-state index in [4.69, 9.17) is 10.2 Å². The first kappa shape index (κ1) is 8.27. The Balaban J connectivity index is 2.40. The average molecular weight is 156 g/mol. The van der Waals surface area contributed by atoms with Crippen LogP contribution in [0.25, 0.3) is 0 Å². The first-order valence-electron chi connectivity index (χ1n) is 3.75. The van der Waals surface area contributed by atoms with Crippen molar-refractivity contribution in [2.45, 2.75) is 25.4 Å². The Hall–Kier alpha value is -0.830. The first-order valence-corrected chi connectivity index (χ1v) is 3.75. The molecule has 11 heavy (non-hydrogen) atoms. The topological polar surface area (TPSA) is 57.5 Å². The molecule has 0 saturated carbocycles. The molecule has 0 radical (unpaired) electrons. The summed E-state index contributed by atoms with van der Waals surface area (Å²) in [7, 11) is 0. The molecule has 0 amide bonds. The summed E-state index contributed by atoms with van der Waals surface area (Å²) in [4.78, 5) is 10.3. The van der Waals surface area contributed by atoms with Crippen LogP contribution in [0.3, 0.4) is 0 Å². The maximum atomic E-state index is 10.3. The smallest absolute Gasteiger partial charge is 0.303 e. The van der Waals surface area contributed by atoms with Gasteiger partial charge in [0.1, 0.15) is 0 Å². The predicted molar refractivity (Wildman–Crippen MR) is 40.1 cm³/mol. The second kappa shape index (κ2) is 3.53. The molecule has 0 bridgehead atoms. The van der Waals surface area contributed by atoms with Gasteiger partial charge in [0.2, 0.25) is 0 Å². The minimum absolute atomic E-state index is 0.0243. The molecule has 0 fully saturated rings. The molecule has 0 saturated heterocycles. The molecule has 0 spiro atoms. The van der Waals surface area contributed by atoms with Gasteiger partial charge >= 0.3 is 5.97 Å². The third kappa shape index (κ3) is 2.72. The molecule has 1 rings (SSSR count). The van der Waals surface area contributed by atoms with Crippen LogP contribution in [0.2, 0.25) is 0 Å². The fourth-order valence-electron chi connectivity index (χ4n) is 1.33. The van der Waals surface area contributed by atoms with Gasteiger partial charge in [0.25, 0.3) is 0 Å². The van der Waals surface area contributed by atoms with Gasteiger partial charge in [-0.3, -0.25) is 4.79 Å². The molecule has 2 atom stereocenters. The van der Waals surface area contributed by atoms with Crippen molar-refractivity contribution in [3.8, 4) is 0 Å². The minimum Gasteiger partial charge on any atom is -0.481 e. The lowest BCUT2D eigenvalue weighted by Crippen LogP contribution is -2.17. The monoisotopic (exact) mass is 156 g/mol. The molecular weight excluding hydrogens is 144 g/mol. The van der Waals surface area contributed by atoms with Gasteiger partial charge in [0, 0.05) is 0 Å². The Morgan fingerprint density at radius 1 is 1.64 bits per heavy atom. The zero-order valence-corrected chi connectivity index (χ0v) is 6.23. The second-order valence-corrected chi connectivity index (χ2v) is 2.91. The standard InChI is InChI=1S/C8H12O3/c9-7-3-1-2-6(4-7)5-8(10)11/h1-2,6-7,9H,3-5H2,(H,10,11). The van der Waals surface area contributed by atoms with Crippen molar-refractivity contribution in [1.29, 1.82) is 0 Å². The van der Waals surface area contributed by atoms with Crippen molar-refractivity contribution in [2.75, 3.05) is 0 Å². The van der Waals surface area contributed by atoms with Crippen LogP contribution in [0.5, 0.6) is 0 Å². The van der Waals surface area contributed by atoms with Gasteiger partial charge < -0.3 is 10.2 Å². The summed E-state index contributed by atoms with van der Waals surface area (Å²) in [6.45, 7) is 0. The fourth-order valence-corrected chi connectivity index (χ4v) is 1.33. The first-order chi connectivity index (χ1) is 5.18. The van der Waals surface area contributed by atoms with Crippen LogP contribution >= 0.6 is 0 Å². The minimum atomic E-state index is -0.797. The van der Waals surface area contributed by atoms with Crippen molar-refractivity contribution < 1.29 is 15.0 Å². The van der Waals surface area contributed by atoms with E-state index in [1.165, 1.54) is 0 Å². The van der Waals surface area contributed by atoms with Crippen LogP contribution in [-0.2, 0) is 4.79 Å². The van der Waals surface area contributed by atoms with Gasteiger partial charge in [0.05, 0.1) is 12.5 Å². The number of aliphatic hydroxyl groups excluding tert-OH is 1. The van der Waals surface area contributed by atoms with Gasteiger partial charge in [-0.25, -0.2) is 0 Å². The lowest BCUT2D eigenvalue weighted by Gasteiger charge is -2.18. The number of rotatable bonds is 2. The summed E-state index contributed by atoms with van der Waals surface area (Å²) in [5.41, 5.74) is 0. The predicted octanol–water partition coefficient (Wildman–Crippen LogP) is 0.788.